The zero-order chi connectivity index (χ0) is 13.1. The molecule has 2 heterocycles. The summed E-state index contributed by atoms with van der Waals surface area (Å²) in [5.74, 6) is 2.20. The van der Waals surface area contributed by atoms with Crippen LogP contribution in [0.4, 0.5) is 5.82 Å². The molecule has 2 aromatic heterocycles. The van der Waals surface area contributed by atoms with Crippen molar-refractivity contribution in [3.8, 4) is 11.6 Å². The molecule has 0 aliphatic heterocycles. The van der Waals surface area contributed by atoms with Crippen molar-refractivity contribution in [3.05, 3.63) is 16.5 Å². The second-order valence-electron chi connectivity index (χ2n) is 4.11. The van der Waals surface area contributed by atoms with Crippen molar-refractivity contribution in [2.45, 2.75) is 26.7 Å². The van der Waals surface area contributed by atoms with Gasteiger partial charge in [-0.05, 0) is 28.8 Å². The van der Waals surface area contributed by atoms with Gasteiger partial charge in [0.05, 0.1) is 10.2 Å². The fourth-order valence-electron chi connectivity index (χ4n) is 1.55. The second kappa shape index (κ2) is 5.43. The predicted octanol–water partition coefficient (Wildman–Crippen LogP) is 2.58. The molecule has 2 aromatic rings. The first kappa shape index (κ1) is 12.9. The van der Waals surface area contributed by atoms with Gasteiger partial charge < -0.3 is 5.32 Å². The van der Waals surface area contributed by atoms with Crippen molar-refractivity contribution in [2.75, 3.05) is 11.9 Å². The fourth-order valence-corrected chi connectivity index (χ4v) is 2.33. The molecule has 0 spiro atoms. The predicted molar refractivity (Wildman–Crippen MR) is 73.4 cm³/mol. The lowest BCUT2D eigenvalue weighted by Gasteiger charge is -2.13. The van der Waals surface area contributed by atoms with Crippen molar-refractivity contribution in [3.63, 3.8) is 0 Å². The highest BCUT2D eigenvalue weighted by atomic mass is 79.9. The van der Waals surface area contributed by atoms with Crippen molar-refractivity contribution < 1.29 is 0 Å². The Balaban J connectivity index is 2.55. The third kappa shape index (κ3) is 2.50. The Morgan fingerprint density at radius 2 is 2.17 bits per heavy atom. The number of halogens is 1. The monoisotopic (exact) mass is 310 g/mol. The standard InChI is InChI=1S/C11H15BrN6/c1-4-13-9-7(12)8(6(2)3)16-11(17-9)10-14-5-15-18-10/h5-6H,4H2,1-3H3,(H,13,16,17)(H,14,15,18). The van der Waals surface area contributed by atoms with Crippen LogP contribution in [0.25, 0.3) is 11.6 Å². The summed E-state index contributed by atoms with van der Waals surface area (Å²) < 4.78 is 0.905. The van der Waals surface area contributed by atoms with Crippen molar-refractivity contribution in [1.29, 1.82) is 0 Å². The van der Waals surface area contributed by atoms with E-state index in [2.05, 4.69) is 60.2 Å². The molecule has 0 aromatic carbocycles. The molecule has 0 aliphatic carbocycles. The molecular formula is C11H15BrN6. The molecule has 0 amide bonds. The van der Waals surface area contributed by atoms with Crippen molar-refractivity contribution >= 4 is 21.7 Å². The average molecular weight is 311 g/mol. The Morgan fingerprint density at radius 1 is 1.39 bits per heavy atom. The second-order valence-corrected chi connectivity index (χ2v) is 4.91. The van der Waals surface area contributed by atoms with Crippen LogP contribution in [-0.4, -0.2) is 31.7 Å². The minimum Gasteiger partial charge on any atom is -0.369 e. The summed E-state index contributed by atoms with van der Waals surface area (Å²) in [7, 11) is 0. The van der Waals surface area contributed by atoms with Crippen LogP contribution in [0.1, 0.15) is 32.4 Å². The molecule has 18 heavy (non-hydrogen) atoms. The maximum absolute atomic E-state index is 4.53. The van der Waals surface area contributed by atoms with Gasteiger partial charge in [-0.3, -0.25) is 5.10 Å². The van der Waals surface area contributed by atoms with E-state index in [1.807, 2.05) is 6.92 Å². The smallest absolute Gasteiger partial charge is 0.199 e. The zero-order valence-electron chi connectivity index (χ0n) is 10.5. The average Bonchev–Trinajstić information content (AvgIpc) is 2.85. The van der Waals surface area contributed by atoms with E-state index in [-0.39, 0.29) is 0 Å². The van der Waals surface area contributed by atoms with Gasteiger partial charge in [0.25, 0.3) is 0 Å². The van der Waals surface area contributed by atoms with Gasteiger partial charge in [-0.2, -0.15) is 5.10 Å². The molecule has 2 rings (SSSR count). The molecule has 0 saturated heterocycles. The van der Waals surface area contributed by atoms with E-state index in [1.165, 1.54) is 6.33 Å². The maximum atomic E-state index is 4.53. The molecule has 0 saturated carbocycles. The maximum Gasteiger partial charge on any atom is 0.199 e. The van der Waals surface area contributed by atoms with Crippen LogP contribution in [-0.2, 0) is 0 Å². The lowest BCUT2D eigenvalue weighted by atomic mass is 10.1. The van der Waals surface area contributed by atoms with E-state index in [1.54, 1.807) is 0 Å². The fraction of sp³-hybridized carbons (Fsp3) is 0.455. The van der Waals surface area contributed by atoms with Crippen LogP contribution in [0.3, 0.4) is 0 Å². The molecule has 0 atom stereocenters. The summed E-state index contributed by atoms with van der Waals surface area (Å²) in [5, 5.41) is 9.82. The van der Waals surface area contributed by atoms with Gasteiger partial charge in [0.15, 0.2) is 11.6 Å². The highest BCUT2D eigenvalue weighted by molar-refractivity contribution is 9.10. The molecule has 7 heteroatoms. The lowest BCUT2D eigenvalue weighted by Crippen LogP contribution is -2.07. The van der Waals surface area contributed by atoms with Crippen LogP contribution >= 0.6 is 15.9 Å². The molecule has 0 fully saturated rings. The van der Waals surface area contributed by atoms with Gasteiger partial charge in [-0.25, -0.2) is 15.0 Å². The van der Waals surface area contributed by atoms with Gasteiger partial charge in [0.2, 0.25) is 0 Å². The molecule has 96 valence electrons. The number of aromatic amines is 1. The number of anilines is 1. The molecule has 0 bridgehead atoms. The third-order valence-corrected chi connectivity index (χ3v) is 3.18. The molecule has 6 nitrogen and oxygen atoms in total. The minimum atomic E-state index is 0.293. The summed E-state index contributed by atoms with van der Waals surface area (Å²) in [6, 6.07) is 0. The lowest BCUT2D eigenvalue weighted by molar-refractivity contribution is 0.807. The number of nitrogens with zero attached hydrogens (tertiary/aromatic N) is 4. The van der Waals surface area contributed by atoms with E-state index in [9.17, 15) is 0 Å². The number of H-pyrrole nitrogens is 1. The first-order chi connectivity index (χ1) is 8.63. The quantitative estimate of drug-likeness (QED) is 0.907. The number of hydrogen-bond donors (Lipinski definition) is 2. The zero-order valence-corrected chi connectivity index (χ0v) is 12.1. The van der Waals surface area contributed by atoms with E-state index < -0.39 is 0 Å². The Bertz CT molecular complexity index is 523. The Labute approximate surface area is 114 Å². The van der Waals surface area contributed by atoms with Crippen molar-refractivity contribution in [2.24, 2.45) is 0 Å². The largest absolute Gasteiger partial charge is 0.369 e. The first-order valence-corrected chi connectivity index (χ1v) is 6.59. The SMILES string of the molecule is CCNc1nc(-c2ncn[nH]2)nc(C(C)C)c1Br. The van der Waals surface area contributed by atoms with Gasteiger partial charge in [0.1, 0.15) is 12.1 Å². The Kier molecular flexibility index (Phi) is 3.90. The van der Waals surface area contributed by atoms with Crippen LogP contribution in [0.15, 0.2) is 10.8 Å². The van der Waals surface area contributed by atoms with E-state index in [0.29, 0.717) is 17.6 Å². The van der Waals surface area contributed by atoms with Gasteiger partial charge in [0, 0.05) is 6.54 Å². The van der Waals surface area contributed by atoms with E-state index in [0.717, 1.165) is 22.5 Å². The number of hydrogen-bond acceptors (Lipinski definition) is 5. The molecule has 0 radical (unpaired) electrons. The van der Waals surface area contributed by atoms with Gasteiger partial charge in [-0.15, -0.1) is 0 Å². The minimum absolute atomic E-state index is 0.293. The first-order valence-electron chi connectivity index (χ1n) is 5.80. The number of aromatic nitrogens is 5. The molecule has 0 unspecified atom stereocenters. The summed E-state index contributed by atoms with van der Waals surface area (Å²) in [6.45, 7) is 7.00. The summed E-state index contributed by atoms with van der Waals surface area (Å²) >= 11 is 3.55. The van der Waals surface area contributed by atoms with E-state index in [4.69, 9.17) is 0 Å². The van der Waals surface area contributed by atoms with Gasteiger partial charge >= 0.3 is 0 Å². The molecule has 0 aliphatic rings. The van der Waals surface area contributed by atoms with Crippen LogP contribution in [0.5, 0.6) is 0 Å². The molecule has 2 N–H and O–H groups in total. The Hall–Kier alpha value is -1.50. The highest BCUT2D eigenvalue weighted by Crippen LogP contribution is 2.30. The third-order valence-electron chi connectivity index (χ3n) is 2.39. The summed E-state index contributed by atoms with van der Waals surface area (Å²) in [4.78, 5) is 13.1. The topological polar surface area (TPSA) is 79.4 Å². The molecular weight excluding hydrogens is 296 g/mol. The van der Waals surface area contributed by atoms with Crippen LogP contribution < -0.4 is 5.32 Å². The number of nitrogens with one attached hydrogen (secondary N) is 2. The normalized spacial score (nSPS) is 10.9. The summed E-state index contributed by atoms with van der Waals surface area (Å²) in [6.07, 6.45) is 1.45. The highest BCUT2D eigenvalue weighted by Gasteiger charge is 2.16. The van der Waals surface area contributed by atoms with Crippen molar-refractivity contribution in [1.82, 2.24) is 25.1 Å². The summed E-state index contributed by atoms with van der Waals surface area (Å²) in [5.41, 5.74) is 0.951. The number of rotatable bonds is 4. The van der Waals surface area contributed by atoms with E-state index >= 15 is 0 Å². The van der Waals surface area contributed by atoms with Gasteiger partial charge in [-0.1, -0.05) is 13.8 Å². The van der Waals surface area contributed by atoms with Crippen LogP contribution in [0.2, 0.25) is 0 Å². The van der Waals surface area contributed by atoms with Crippen LogP contribution in [0, 0.1) is 0 Å². The Morgan fingerprint density at radius 3 is 2.72 bits per heavy atom.